The Labute approximate surface area is 223 Å². The fourth-order valence-corrected chi connectivity index (χ4v) is 5.67. The first kappa shape index (κ1) is 26.9. The van der Waals surface area contributed by atoms with E-state index in [4.69, 9.17) is 4.74 Å². The van der Waals surface area contributed by atoms with Crippen LogP contribution in [0.15, 0.2) is 103 Å². The van der Waals surface area contributed by atoms with E-state index in [9.17, 15) is 13.2 Å². The number of methoxy groups -OCH3 is 1. The van der Waals surface area contributed by atoms with E-state index in [1.807, 2.05) is 61.5 Å². The van der Waals surface area contributed by atoms with E-state index in [-0.39, 0.29) is 29.9 Å². The Morgan fingerprint density at radius 1 is 1.03 bits per heavy atom. The van der Waals surface area contributed by atoms with Crippen molar-refractivity contribution in [1.29, 1.82) is 0 Å². The summed E-state index contributed by atoms with van der Waals surface area (Å²) >= 11 is 0. The third kappa shape index (κ3) is 6.39. The summed E-state index contributed by atoms with van der Waals surface area (Å²) in [6, 6.07) is 23.9. The molecule has 7 nitrogen and oxygen atoms in total. The molecule has 1 amide bonds. The van der Waals surface area contributed by atoms with Gasteiger partial charge in [0, 0.05) is 12.1 Å². The highest BCUT2D eigenvalue weighted by molar-refractivity contribution is 7.90. The number of imidazole rings is 1. The van der Waals surface area contributed by atoms with Crippen LogP contribution in [0.5, 0.6) is 5.75 Å². The minimum Gasteiger partial charge on any atom is -0.497 e. The summed E-state index contributed by atoms with van der Waals surface area (Å²) in [6.45, 7) is 6.49. The molecule has 0 N–H and O–H groups in total. The Morgan fingerprint density at radius 3 is 2.45 bits per heavy atom. The number of sulfone groups is 1. The average molecular weight is 530 g/mol. The van der Waals surface area contributed by atoms with Crippen LogP contribution in [0.3, 0.4) is 0 Å². The number of benzene rings is 3. The number of hydrogen-bond acceptors (Lipinski definition) is 5. The highest BCUT2D eigenvalue weighted by Gasteiger charge is 2.26. The van der Waals surface area contributed by atoms with Gasteiger partial charge < -0.3 is 14.2 Å². The van der Waals surface area contributed by atoms with Crippen LogP contribution in [0.25, 0.3) is 0 Å². The molecule has 0 fully saturated rings. The zero-order valence-electron chi connectivity index (χ0n) is 21.6. The summed E-state index contributed by atoms with van der Waals surface area (Å²) in [5.74, 6) is 0.186. The molecule has 0 saturated heterocycles. The summed E-state index contributed by atoms with van der Waals surface area (Å²) in [5.41, 5.74) is 3.74. The van der Waals surface area contributed by atoms with E-state index in [1.165, 1.54) is 0 Å². The molecule has 8 heteroatoms. The van der Waals surface area contributed by atoms with Gasteiger partial charge in [0.15, 0.2) is 0 Å². The second-order valence-electron chi connectivity index (χ2n) is 9.05. The highest BCUT2D eigenvalue weighted by Crippen LogP contribution is 2.22. The molecule has 0 bridgehead atoms. The standard InChI is InChI=1S/C30H31N3O4S/c1-4-17-32(29(34)26-11-8-12-28(18-26)37-3)21-27-19-31-30(33(27)20-24-9-6-5-7-10-24)38(35,36)22-25-15-13-23(2)14-16-25/h4-16,18-19H,1,17,20-22H2,2-3H3. The number of carbonyl (C=O) groups is 1. The molecule has 4 rings (SSSR count). The fraction of sp³-hybridized carbons (Fsp3) is 0.200. The van der Waals surface area contributed by atoms with Gasteiger partial charge >= 0.3 is 0 Å². The van der Waals surface area contributed by atoms with Gasteiger partial charge in [-0.05, 0) is 36.2 Å². The first-order valence-electron chi connectivity index (χ1n) is 12.2. The van der Waals surface area contributed by atoms with Crippen molar-refractivity contribution in [2.45, 2.75) is 30.9 Å². The molecule has 3 aromatic carbocycles. The summed E-state index contributed by atoms with van der Waals surface area (Å²) in [7, 11) is -2.23. The van der Waals surface area contributed by atoms with Crippen LogP contribution in [0.1, 0.15) is 32.7 Å². The molecule has 0 radical (unpaired) electrons. The lowest BCUT2D eigenvalue weighted by atomic mass is 10.1. The lowest BCUT2D eigenvalue weighted by Gasteiger charge is -2.23. The molecule has 1 heterocycles. The third-order valence-corrected chi connectivity index (χ3v) is 7.74. The van der Waals surface area contributed by atoms with Crippen molar-refractivity contribution >= 4 is 15.7 Å². The van der Waals surface area contributed by atoms with Crippen LogP contribution < -0.4 is 4.74 Å². The Balaban J connectivity index is 1.71. The molecule has 0 atom stereocenters. The van der Waals surface area contributed by atoms with Gasteiger partial charge in [-0.15, -0.1) is 6.58 Å². The second-order valence-corrected chi connectivity index (χ2v) is 10.9. The van der Waals surface area contributed by atoms with Gasteiger partial charge in [0.25, 0.3) is 5.91 Å². The van der Waals surface area contributed by atoms with Gasteiger partial charge in [0.05, 0.1) is 37.8 Å². The normalized spacial score (nSPS) is 11.2. The van der Waals surface area contributed by atoms with E-state index in [0.717, 1.165) is 11.1 Å². The quantitative estimate of drug-likeness (QED) is 0.254. The zero-order chi connectivity index (χ0) is 27.1. The number of ether oxygens (including phenoxy) is 1. The van der Waals surface area contributed by atoms with E-state index in [1.54, 1.807) is 53.1 Å². The molecule has 0 spiro atoms. The topological polar surface area (TPSA) is 81.5 Å². The number of aromatic nitrogens is 2. The first-order valence-corrected chi connectivity index (χ1v) is 13.9. The maximum atomic E-state index is 13.6. The Morgan fingerprint density at radius 2 is 1.76 bits per heavy atom. The van der Waals surface area contributed by atoms with Crippen LogP contribution in [0.2, 0.25) is 0 Å². The number of amides is 1. The number of rotatable bonds is 11. The van der Waals surface area contributed by atoms with Crippen molar-refractivity contribution in [3.05, 3.63) is 126 Å². The first-order chi connectivity index (χ1) is 18.3. The molecule has 0 saturated carbocycles. The molecule has 4 aromatic rings. The Hall–Kier alpha value is -4.17. The summed E-state index contributed by atoms with van der Waals surface area (Å²) in [6.07, 6.45) is 3.19. The third-order valence-electron chi connectivity index (χ3n) is 6.15. The van der Waals surface area contributed by atoms with Crippen molar-refractivity contribution in [3.8, 4) is 5.75 Å². The predicted octanol–water partition coefficient (Wildman–Crippen LogP) is 5.05. The van der Waals surface area contributed by atoms with Crippen LogP contribution in [0.4, 0.5) is 0 Å². The van der Waals surface area contributed by atoms with E-state index in [2.05, 4.69) is 11.6 Å². The Bertz CT molecular complexity index is 1510. The largest absolute Gasteiger partial charge is 0.497 e. The van der Waals surface area contributed by atoms with Crippen LogP contribution in [-0.4, -0.2) is 42.4 Å². The Kier molecular flexibility index (Phi) is 8.43. The number of aryl methyl sites for hydroxylation is 1. The molecule has 0 aliphatic carbocycles. The molecular weight excluding hydrogens is 498 g/mol. The van der Waals surface area contributed by atoms with Crippen molar-refractivity contribution in [1.82, 2.24) is 14.5 Å². The van der Waals surface area contributed by atoms with Crippen molar-refractivity contribution < 1.29 is 17.9 Å². The van der Waals surface area contributed by atoms with Gasteiger partial charge in [0.1, 0.15) is 5.75 Å². The number of carbonyl (C=O) groups excluding carboxylic acids is 1. The van der Waals surface area contributed by atoms with Gasteiger partial charge in [-0.1, -0.05) is 72.3 Å². The molecule has 196 valence electrons. The summed E-state index contributed by atoms with van der Waals surface area (Å²) < 4.78 is 34.1. The molecule has 38 heavy (non-hydrogen) atoms. The smallest absolute Gasteiger partial charge is 0.254 e. The van der Waals surface area contributed by atoms with Crippen LogP contribution >= 0.6 is 0 Å². The summed E-state index contributed by atoms with van der Waals surface area (Å²) in [4.78, 5) is 19.4. The van der Waals surface area contributed by atoms with Gasteiger partial charge in [-0.25, -0.2) is 13.4 Å². The van der Waals surface area contributed by atoms with E-state index in [0.29, 0.717) is 29.1 Å². The molecule has 0 aliphatic heterocycles. The number of hydrogen-bond donors (Lipinski definition) is 0. The van der Waals surface area contributed by atoms with Crippen LogP contribution in [-0.2, 0) is 28.7 Å². The molecule has 0 unspecified atom stereocenters. The van der Waals surface area contributed by atoms with Crippen molar-refractivity contribution in [2.75, 3.05) is 13.7 Å². The molecule has 1 aromatic heterocycles. The van der Waals surface area contributed by atoms with Crippen molar-refractivity contribution in [3.63, 3.8) is 0 Å². The lowest BCUT2D eigenvalue weighted by Crippen LogP contribution is -2.32. The van der Waals surface area contributed by atoms with Crippen LogP contribution in [0, 0.1) is 6.92 Å². The van der Waals surface area contributed by atoms with Gasteiger partial charge in [0.2, 0.25) is 15.0 Å². The maximum Gasteiger partial charge on any atom is 0.254 e. The molecule has 0 aliphatic rings. The van der Waals surface area contributed by atoms with Gasteiger partial charge in [-0.2, -0.15) is 0 Å². The van der Waals surface area contributed by atoms with E-state index >= 15 is 0 Å². The average Bonchev–Trinajstić information content (AvgIpc) is 3.32. The number of nitrogens with zero attached hydrogens (tertiary/aromatic N) is 3. The maximum absolute atomic E-state index is 13.6. The van der Waals surface area contributed by atoms with Crippen molar-refractivity contribution in [2.24, 2.45) is 0 Å². The highest BCUT2D eigenvalue weighted by atomic mass is 32.2. The second kappa shape index (κ2) is 11.9. The minimum absolute atomic E-state index is 0.0238. The summed E-state index contributed by atoms with van der Waals surface area (Å²) in [5, 5.41) is -0.0238. The SMILES string of the molecule is C=CCN(Cc1cnc(S(=O)(=O)Cc2ccc(C)cc2)n1Cc1ccccc1)C(=O)c1cccc(OC)c1. The fourth-order valence-electron chi connectivity index (χ4n) is 4.18. The zero-order valence-corrected chi connectivity index (χ0v) is 22.4. The monoisotopic (exact) mass is 529 g/mol. The molecular formula is C30H31N3O4S. The minimum atomic E-state index is -3.77. The van der Waals surface area contributed by atoms with Gasteiger partial charge in [-0.3, -0.25) is 4.79 Å². The van der Waals surface area contributed by atoms with E-state index < -0.39 is 9.84 Å². The predicted molar refractivity (Wildman–Crippen MR) is 148 cm³/mol. The lowest BCUT2D eigenvalue weighted by molar-refractivity contribution is 0.0758.